The molecule has 7 nitrogen and oxygen atoms in total. The van der Waals surface area contributed by atoms with E-state index in [0.29, 0.717) is 31.0 Å². The van der Waals surface area contributed by atoms with E-state index in [1.165, 1.54) is 16.7 Å². The lowest BCUT2D eigenvalue weighted by Gasteiger charge is -2.14. The molecule has 1 unspecified atom stereocenters. The summed E-state index contributed by atoms with van der Waals surface area (Å²) in [7, 11) is 0. The maximum absolute atomic E-state index is 12.1. The van der Waals surface area contributed by atoms with Crippen LogP contribution in [0.15, 0.2) is 24.3 Å². The molecule has 1 aromatic carbocycles. The van der Waals surface area contributed by atoms with Crippen LogP contribution in [-0.4, -0.2) is 55.2 Å². The zero-order valence-corrected chi connectivity index (χ0v) is 14.3. The minimum absolute atomic E-state index is 0.0747. The van der Waals surface area contributed by atoms with E-state index in [-0.39, 0.29) is 17.1 Å². The minimum atomic E-state index is -0.224. The molecule has 124 valence electrons. The highest BCUT2D eigenvalue weighted by Crippen LogP contribution is 2.23. The van der Waals surface area contributed by atoms with Gasteiger partial charge in [0, 0.05) is 18.5 Å². The zero-order chi connectivity index (χ0) is 17.1. The van der Waals surface area contributed by atoms with E-state index in [1.807, 2.05) is 30.5 Å². The summed E-state index contributed by atoms with van der Waals surface area (Å²) < 4.78 is 0. The Balaban J connectivity index is 1.63. The quantitative estimate of drug-likeness (QED) is 0.755. The molecule has 2 heterocycles. The summed E-state index contributed by atoms with van der Waals surface area (Å²) in [5.41, 5.74) is 1.87. The number of benzene rings is 1. The van der Waals surface area contributed by atoms with Crippen molar-refractivity contribution in [1.82, 2.24) is 25.3 Å². The first-order valence-electron chi connectivity index (χ1n) is 7.59. The molecule has 1 aromatic heterocycles. The van der Waals surface area contributed by atoms with Gasteiger partial charge in [-0.25, -0.2) is 0 Å². The molecular weight excluding hydrogens is 326 g/mol. The molecule has 2 amide bonds. The van der Waals surface area contributed by atoms with Crippen LogP contribution in [0.2, 0.25) is 0 Å². The summed E-state index contributed by atoms with van der Waals surface area (Å²) in [6, 6.07) is 7.66. The highest BCUT2D eigenvalue weighted by molar-refractivity contribution is 8.00. The van der Waals surface area contributed by atoms with Crippen LogP contribution in [0.5, 0.6) is 0 Å². The van der Waals surface area contributed by atoms with Gasteiger partial charge in [0.2, 0.25) is 17.6 Å². The van der Waals surface area contributed by atoms with Crippen LogP contribution in [0, 0.1) is 6.92 Å². The van der Waals surface area contributed by atoms with Gasteiger partial charge in [-0.3, -0.25) is 14.5 Å². The molecule has 1 aliphatic heterocycles. The summed E-state index contributed by atoms with van der Waals surface area (Å²) in [6.07, 6.45) is 2.79. The van der Waals surface area contributed by atoms with E-state index in [9.17, 15) is 9.59 Å². The first kappa shape index (κ1) is 16.5. The van der Waals surface area contributed by atoms with Crippen LogP contribution >= 0.6 is 11.8 Å². The van der Waals surface area contributed by atoms with E-state index in [1.54, 1.807) is 6.92 Å². The fourth-order valence-corrected chi connectivity index (χ4v) is 3.17. The number of carbonyl (C=O) groups excluding carboxylic acids is 2. The van der Waals surface area contributed by atoms with E-state index in [0.717, 1.165) is 11.1 Å². The number of aryl methyl sites for hydroxylation is 1. The topological polar surface area (TPSA) is 88.9 Å². The van der Waals surface area contributed by atoms with Crippen molar-refractivity contribution in [3.05, 3.63) is 35.7 Å². The fraction of sp³-hybridized carbons (Fsp3) is 0.375. The molecule has 0 radical (unpaired) electrons. The molecule has 3 rings (SSSR count). The Kier molecular flexibility index (Phi) is 4.84. The van der Waals surface area contributed by atoms with Crippen molar-refractivity contribution >= 4 is 23.6 Å². The van der Waals surface area contributed by atoms with Gasteiger partial charge in [-0.05, 0) is 25.2 Å². The van der Waals surface area contributed by atoms with Gasteiger partial charge in [-0.2, -0.15) is 11.8 Å². The molecule has 1 atom stereocenters. The Bertz CT molecular complexity index is 748. The third-order valence-corrected chi connectivity index (χ3v) is 4.84. The number of likely N-dealkylation sites (tertiary alicyclic amines) is 1. The average Bonchev–Trinajstić information content (AvgIpc) is 2.88. The minimum Gasteiger partial charge on any atom is -0.281 e. The predicted octanol–water partition coefficient (Wildman–Crippen LogP) is 1.28. The van der Waals surface area contributed by atoms with Crippen molar-refractivity contribution in [1.29, 1.82) is 0 Å². The number of rotatable bonds is 5. The van der Waals surface area contributed by atoms with Crippen molar-refractivity contribution in [2.75, 3.05) is 12.8 Å². The number of nitrogens with zero attached hydrogens (tertiary/aromatic N) is 5. The second-order valence-corrected chi connectivity index (χ2v) is 6.57. The van der Waals surface area contributed by atoms with Gasteiger partial charge < -0.3 is 0 Å². The highest BCUT2D eigenvalue weighted by atomic mass is 32.2. The third-order valence-electron chi connectivity index (χ3n) is 3.90. The van der Waals surface area contributed by atoms with Crippen molar-refractivity contribution < 1.29 is 9.59 Å². The standard InChI is InChI=1S/C16H17N5O2S/c1-10-17-19-15(20-18-10)12-5-3-11(4-6-12)7-8-21-14(22)9-13(24-2)16(21)23/h3-6,13H,7-9H2,1-2H3. The number of thioether (sulfide) groups is 1. The number of aromatic nitrogens is 4. The molecule has 0 bridgehead atoms. The molecule has 1 aliphatic rings. The Morgan fingerprint density at radius 2 is 1.79 bits per heavy atom. The molecule has 0 N–H and O–H groups in total. The van der Waals surface area contributed by atoms with E-state index in [4.69, 9.17) is 0 Å². The fourth-order valence-electron chi connectivity index (χ4n) is 2.53. The highest BCUT2D eigenvalue weighted by Gasteiger charge is 2.37. The van der Waals surface area contributed by atoms with Gasteiger partial charge in [0.15, 0.2) is 5.82 Å². The lowest BCUT2D eigenvalue weighted by Crippen LogP contribution is -2.33. The normalized spacial score (nSPS) is 17.6. The van der Waals surface area contributed by atoms with Gasteiger partial charge in [0.25, 0.3) is 0 Å². The molecule has 24 heavy (non-hydrogen) atoms. The zero-order valence-electron chi connectivity index (χ0n) is 13.5. The molecular formula is C16H17N5O2S. The number of carbonyl (C=O) groups is 2. The number of hydrogen-bond donors (Lipinski definition) is 0. The van der Waals surface area contributed by atoms with Crippen LogP contribution in [0.1, 0.15) is 17.8 Å². The number of imide groups is 1. The summed E-state index contributed by atoms with van der Waals surface area (Å²) >= 11 is 1.43. The lowest BCUT2D eigenvalue weighted by molar-refractivity contribution is -0.138. The molecule has 0 spiro atoms. The Hall–Kier alpha value is -2.35. The molecule has 8 heteroatoms. The monoisotopic (exact) mass is 343 g/mol. The Labute approximate surface area is 143 Å². The van der Waals surface area contributed by atoms with Gasteiger partial charge in [-0.1, -0.05) is 24.3 Å². The Morgan fingerprint density at radius 1 is 1.12 bits per heavy atom. The lowest BCUT2D eigenvalue weighted by atomic mass is 10.1. The second kappa shape index (κ2) is 7.04. The summed E-state index contributed by atoms with van der Waals surface area (Å²) in [6.45, 7) is 2.15. The largest absolute Gasteiger partial charge is 0.281 e. The smallest absolute Gasteiger partial charge is 0.242 e. The third kappa shape index (κ3) is 3.43. The number of amides is 2. The molecule has 2 aromatic rings. The van der Waals surface area contributed by atoms with Crippen LogP contribution in [0.25, 0.3) is 11.4 Å². The van der Waals surface area contributed by atoms with Crippen molar-refractivity contribution in [2.24, 2.45) is 0 Å². The van der Waals surface area contributed by atoms with Gasteiger partial charge in [0.05, 0.1) is 5.25 Å². The SMILES string of the molecule is CSC1CC(=O)N(CCc2ccc(-c3nnc(C)nn3)cc2)C1=O. The van der Waals surface area contributed by atoms with Gasteiger partial charge >= 0.3 is 0 Å². The summed E-state index contributed by atoms with van der Waals surface area (Å²) in [4.78, 5) is 25.4. The molecule has 1 saturated heterocycles. The van der Waals surface area contributed by atoms with E-state index in [2.05, 4.69) is 20.4 Å². The maximum atomic E-state index is 12.1. The van der Waals surface area contributed by atoms with Crippen LogP contribution in [0.3, 0.4) is 0 Å². The predicted molar refractivity (Wildman–Crippen MR) is 90.1 cm³/mol. The van der Waals surface area contributed by atoms with Crippen molar-refractivity contribution in [3.63, 3.8) is 0 Å². The molecule has 1 fully saturated rings. The van der Waals surface area contributed by atoms with Crippen LogP contribution < -0.4 is 0 Å². The van der Waals surface area contributed by atoms with Crippen LogP contribution in [0.4, 0.5) is 0 Å². The summed E-state index contributed by atoms with van der Waals surface area (Å²) in [5, 5.41) is 15.6. The summed E-state index contributed by atoms with van der Waals surface area (Å²) in [5.74, 6) is 0.842. The molecule has 0 saturated carbocycles. The van der Waals surface area contributed by atoms with Crippen molar-refractivity contribution in [3.8, 4) is 11.4 Å². The van der Waals surface area contributed by atoms with E-state index >= 15 is 0 Å². The van der Waals surface area contributed by atoms with E-state index < -0.39 is 0 Å². The first-order chi connectivity index (χ1) is 11.6. The molecule has 0 aliphatic carbocycles. The van der Waals surface area contributed by atoms with Gasteiger partial charge in [0.1, 0.15) is 0 Å². The Morgan fingerprint density at radius 3 is 2.38 bits per heavy atom. The maximum Gasteiger partial charge on any atom is 0.242 e. The second-order valence-electron chi connectivity index (χ2n) is 5.53. The van der Waals surface area contributed by atoms with Crippen LogP contribution in [-0.2, 0) is 16.0 Å². The average molecular weight is 343 g/mol. The first-order valence-corrected chi connectivity index (χ1v) is 8.87. The van der Waals surface area contributed by atoms with Crippen molar-refractivity contribution in [2.45, 2.75) is 25.0 Å². The van der Waals surface area contributed by atoms with Gasteiger partial charge in [-0.15, -0.1) is 20.4 Å². The number of hydrogen-bond acceptors (Lipinski definition) is 7.